The molecule has 10 aromatic rings. The van der Waals surface area contributed by atoms with E-state index in [1.54, 1.807) is 0 Å². The first-order valence-corrected chi connectivity index (χ1v) is 23.1. The minimum atomic E-state index is -0.151. The maximum absolute atomic E-state index is 6.71. The summed E-state index contributed by atoms with van der Waals surface area (Å²) in [5.41, 5.74) is 18.4. The summed E-state index contributed by atoms with van der Waals surface area (Å²) in [7, 11) is 0. The monoisotopic (exact) mass is 1060 g/mol. The standard InChI is InChI=1S/C62H49N4O.Pt/c1-40-35-58(63-38-51(40)42-27-29-43(30-28-42)61(2,3)4)66-54-24-13-11-21-48(54)49-32-31-46(37-57(49)66)67-45-20-16-19-44(36-45)64-39-65(56-26-15-14-25-55(56)64)60-47(41-17-8-7-9-18-41)33-34-53-59(60)50-22-10-12-23-52(50)62(53,5)6;/h7-35,38-39H,1-6H3;/q-3;. The van der Waals surface area contributed by atoms with Crippen molar-refractivity contribution in [3.05, 3.63) is 223 Å². The summed E-state index contributed by atoms with van der Waals surface area (Å²) in [5.74, 6) is 2.02. The van der Waals surface area contributed by atoms with Gasteiger partial charge in [0.05, 0.1) is 0 Å². The largest absolute Gasteiger partial charge is 0.509 e. The zero-order valence-corrected chi connectivity index (χ0v) is 41.2. The molecule has 0 amide bonds. The molecule has 8 aromatic carbocycles. The van der Waals surface area contributed by atoms with Crippen LogP contribution in [0.1, 0.15) is 56.9 Å². The molecule has 0 saturated carbocycles. The number of aryl methyl sites for hydroxylation is 1. The molecule has 0 bridgehead atoms. The number of fused-ring (bicyclic) bond motifs is 7. The Bertz CT molecular complexity index is 3570. The van der Waals surface area contributed by atoms with Gasteiger partial charge in [-0.25, -0.2) is 4.98 Å². The first kappa shape index (κ1) is 43.4. The third kappa shape index (κ3) is 7.06. The SMILES string of the molecule is Cc1cc(-n2c3[c-]c(Oc4[c-]c(N5[CH-]N(c6c(-c7ccccc7)ccc7c6-c6ccccc6C7(C)C)c6ccccc65)ccc4)ccc3c3ccccc32)ncc1-c1ccc(C(C)(C)C)cc1.[Pt]. The Morgan fingerprint density at radius 1 is 0.588 bits per heavy atom. The second-order valence-electron chi connectivity index (χ2n) is 19.4. The van der Waals surface area contributed by atoms with Gasteiger partial charge in [0.15, 0.2) is 0 Å². The summed E-state index contributed by atoms with van der Waals surface area (Å²) in [6.07, 6.45) is 2.00. The van der Waals surface area contributed by atoms with Crippen LogP contribution >= 0.6 is 0 Å². The van der Waals surface area contributed by atoms with Gasteiger partial charge < -0.3 is 19.1 Å². The number of hydrogen-bond acceptors (Lipinski definition) is 4. The van der Waals surface area contributed by atoms with Crippen molar-refractivity contribution in [2.24, 2.45) is 0 Å². The van der Waals surface area contributed by atoms with Crippen LogP contribution in [0.5, 0.6) is 11.5 Å². The average Bonchev–Trinajstić information content (AvgIpc) is 3.97. The first-order valence-electron chi connectivity index (χ1n) is 23.1. The number of pyridine rings is 1. The number of anilines is 4. The molecule has 0 N–H and O–H groups in total. The second kappa shape index (κ2) is 16.5. The van der Waals surface area contributed by atoms with Crippen LogP contribution in [0.2, 0.25) is 0 Å². The Kier molecular flexibility index (Phi) is 10.6. The van der Waals surface area contributed by atoms with Gasteiger partial charge in [0.1, 0.15) is 5.82 Å². The minimum Gasteiger partial charge on any atom is -0.509 e. The predicted molar refractivity (Wildman–Crippen MR) is 276 cm³/mol. The Labute approximate surface area is 413 Å². The molecule has 0 atom stereocenters. The van der Waals surface area contributed by atoms with E-state index in [-0.39, 0.29) is 31.9 Å². The summed E-state index contributed by atoms with van der Waals surface area (Å²) in [5, 5.41) is 2.22. The van der Waals surface area contributed by atoms with Gasteiger partial charge in [-0.15, -0.1) is 48.1 Å². The summed E-state index contributed by atoms with van der Waals surface area (Å²) < 4.78 is 8.91. The molecule has 336 valence electrons. The fourth-order valence-corrected chi connectivity index (χ4v) is 10.4. The van der Waals surface area contributed by atoms with Gasteiger partial charge in [-0.05, 0) is 80.9 Å². The molecule has 68 heavy (non-hydrogen) atoms. The van der Waals surface area contributed by atoms with Gasteiger partial charge in [0.25, 0.3) is 0 Å². The van der Waals surface area contributed by atoms with Crippen molar-refractivity contribution in [1.29, 1.82) is 0 Å². The molecule has 3 heterocycles. The fourth-order valence-electron chi connectivity index (χ4n) is 10.4. The molecule has 2 aromatic heterocycles. The molecular formula is C62H49N4OPt-3. The number of para-hydroxylation sites is 3. The third-order valence-electron chi connectivity index (χ3n) is 13.9. The number of ether oxygens (including phenoxy) is 1. The van der Waals surface area contributed by atoms with Crippen LogP contribution in [0.15, 0.2) is 182 Å². The van der Waals surface area contributed by atoms with E-state index in [9.17, 15) is 0 Å². The van der Waals surface area contributed by atoms with Crippen molar-refractivity contribution < 1.29 is 25.8 Å². The van der Waals surface area contributed by atoms with Crippen LogP contribution in [-0.4, -0.2) is 9.55 Å². The molecule has 0 saturated heterocycles. The fraction of sp³-hybridized carbons (Fsp3) is 0.129. The molecule has 1 aliphatic heterocycles. The third-order valence-corrected chi connectivity index (χ3v) is 13.9. The molecular weight excluding hydrogens is 1010 g/mol. The quantitative estimate of drug-likeness (QED) is 0.149. The van der Waals surface area contributed by atoms with E-state index in [2.05, 4.69) is 232 Å². The van der Waals surface area contributed by atoms with Crippen molar-refractivity contribution in [3.63, 3.8) is 0 Å². The number of aromatic nitrogens is 2. The van der Waals surface area contributed by atoms with E-state index in [0.29, 0.717) is 11.5 Å². The van der Waals surface area contributed by atoms with E-state index < -0.39 is 0 Å². The van der Waals surface area contributed by atoms with Gasteiger partial charge in [-0.2, -0.15) is 12.1 Å². The van der Waals surface area contributed by atoms with Crippen molar-refractivity contribution in [2.45, 2.75) is 52.4 Å². The van der Waals surface area contributed by atoms with Gasteiger partial charge >= 0.3 is 0 Å². The number of rotatable bonds is 7. The van der Waals surface area contributed by atoms with Gasteiger partial charge in [-0.1, -0.05) is 161 Å². The molecule has 0 spiro atoms. The smallest absolute Gasteiger partial charge is 0.135 e. The molecule has 6 heteroatoms. The van der Waals surface area contributed by atoms with Crippen LogP contribution in [-0.2, 0) is 31.9 Å². The number of nitrogens with zero attached hydrogens (tertiary/aromatic N) is 4. The molecule has 1 aliphatic carbocycles. The predicted octanol–water partition coefficient (Wildman–Crippen LogP) is 16.2. The zero-order chi connectivity index (χ0) is 45.6. The van der Waals surface area contributed by atoms with Crippen LogP contribution in [0.3, 0.4) is 0 Å². The van der Waals surface area contributed by atoms with E-state index in [0.717, 1.165) is 67.1 Å². The molecule has 2 aliphatic rings. The Hall–Kier alpha value is -7.20. The van der Waals surface area contributed by atoms with E-state index in [4.69, 9.17) is 9.72 Å². The maximum atomic E-state index is 6.71. The van der Waals surface area contributed by atoms with Gasteiger partial charge in [0.2, 0.25) is 0 Å². The topological polar surface area (TPSA) is 33.5 Å². The van der Waals surface area contributed by atoms with Crippen molar-refractivity contribution >= 4 is 44.6 Å². The maximum Gasteiger partial charge on any atom is 0.135 e. The first-order chi connectivity index (χ1) is 32.5. The second-order valence-corrected chi connectivity index (χ2v) is 19.4. The zero-order valence-electron chi connectivity index (χ0n) is 38.9. The molecule has 5 nitrogen and oxygen atoms in total. The minimum absolute atomic E-state index is 0. The Morgan fingerprint density at radius 2 is 1.28 bits per heavy atom. The normalized spacial score (nSPS) is 13.6. The number of benzene rings is 8. The van der Waals surface area contributed by atoms with Crippen LogP contribution in [0.25, 0.3) is 61.0 Å². The van der Waals surface area contributed by atoms with Gasteiger partial charge in [0, 0.05) is 83.4 Å². The summed E-state index contributed by atoms with van der Waals surface area (Å²) >= 11 is 0. The number of hydrogen-bond donors (Lipinski definition) is 0. The summed E-state index contributed by atoms with van der Waals surface area (Å²) in [4.78, 5) is 9.69. The average molecular weight is 1060 g/mol. The van der Waals surface area contributed by atoms with E-state index in [1.165, 1.54) is 38.9 Å². The van der Waals surface area contributed by atoms with Crippen molar-refractivity contribution in [1.82, 2.24) is 9.55 Å². The molecule has 12 rings (SSSR count). The molecule has 0 unspecified atom stereocenters. The van der Waals surface area contributed by atoms with Crippen molar-refractivity contribution in [2.75, 3.05) is 9.80 Å². The van der Waals surface area contributed by atoms with Crippen LogP contribution in [0, 0.1) is 25.7 Å². The van der Waals surface area contributed by atoms with E-state index in [1.807, 2.05) is 24.4 Å². The summed E-state index contributed by atoms with van der Waals surface area (Å²) in [6.45, 7) is 15.8. The Morgan fingerprint density at radius 3 is 2.06 bits per heavy atom. The van der Waals surface area contributed by atoms with Crippen LogP contribution in [0.4, 0.5) is 22.7 Å². The van der Waals surface area contributed by atoms with E-state index >= 15 is 0 Å². The molecule has 0 fully saturated rings. The molecule has 0 radical (unpaired) electrons. The van der Waals surface area contributed by atoms with Gasteiger partial charge in [-0.3, -0.25) is 0 Å². The van der Waals surface area contributed by atoms with Crippen LogP contribution < -0.4 is 14.5 Å². The Balaban J connectivity index is 0.00000507. The van der Waals surface area contributed by atoms with Crippen molar-refractivity contribution in [3.8, 4) is 50.7 Å². The summed E-state index contributed by atoms with van der Waals surface area (Å²) in [6, 6.07) is 70.0.